The van der Waals surface area contributed by atoms with Gasteiger partial charge in [0.1, 0.15) is 0 Å². The number of rotatable bonds is 11. The number of hydrogen-bond acceptors (Lipinski definition) is 2. The van der Waals surface area contributed by atoms with Crippen molar-refractivity contribution in [2.45, 2.75) is 79.5 Å². The van der Waals surface area contributed by atoms with Crippen molar-refractivity contribution in [3.63, 3.8) is 0 Å². The van der Waals surface area contributed by atoms with Gasteiger partial charge in [-0.05, 0) is 0 Å². The molecule has 0 aliphatic rings. The molecule has 0 unspecified atom stereocenters. The summed E-state index contributed by atoms with van der Waals surface area (Å²) in [6, 6.07) is 0. The van der Waals surface area contributed by atoms with E-state index in [1.807, 2.05) is 11.8 Å². The molecule has 0 rings (SSSR count). The Balaban J connectivity index is 4.75. The first-order chi connectivity index (χ1) is 9.14. The number of aliphatic imine (C=N–C) groups is 1. The molecule has 3 heteroatoms. The molecule has 0 aromatic rings. The fourth-order valence-corrected chi connectivity index (χ4v) is 17.7. The number of unbranched alkanes of at least 4 members (excludes halogenated alkanes) is 3. The van der Waals surface area contributed by atoms with Crippen LogP contribution in [0.15, 0.2) is 4.99 Å². The van der Waals surface area contributed by atoms with Crippen LogP contribution in [0.25, 0.3) is 0 Å². The summed E-state index contributed by atoms with van der Waals surface area (Å²) in [5.41, 5.74) is 0. The molecule has 0 amide bonds. The summed E-state index contributed by atoms with van der Waals surface area (Å²) in [7, 11) is 0. The molecular formula is C16H35NSSn. The number of nitrogens with zero attached hydrogens (tertiary/aromatic N) is 1. The summed E-state index contributed by atoms with van der Waals surface area (Å²) in [4.78, 5) is 4.95. The van der Waals surface area contributed by atoms with Crippen LogP contribution in [-0.4, -0.2) is 34.2 Å². The molecule has 1 nitrogen and oxygen atoms in total. The predicted molar refractivity (Wildman–Crippen MR) is 96.4 cm³/mol. The Kier molecular flexibility index (Phi) is 13.1. The van der Waals surface area contributed by atoms with Crippen molar-refractivity contribution in [2.24, 2.45) is 4.99 Å². The average Bonchev–Trinajstić information content (AvgIpc) is 2.45. The van der Waals surface area contributed by atoms with E-state index in [0.29, 0.717) is 0 Å². The maximum absolute atomic E-state index is 4.95. The van der Waals surface area contributed by atoms with Crippen LogP contribution in [0.1, 0.15) is 66.2 Å². The Morgan fingerprint density at radius 3 is 1.63 bits per heavy atom. The van der Waals surface area contributed by atoms with Gasteiger partial charge in [0.15, 0.2) is 0 Å². The molecule has 0 heterocycles. The van der Waals surface area contributed by atoms with Gasteiger partial charge < -0.3 is 0 Å². The Labute approximate surface area is 130 Å². The molecule has 0 N–H and O–H groups in total. The van der Waals surface area contributed by atoms with Crippen LogP contribution >= 0.6 is 11.8 Å². The van der Waals surface area contributed by atoms with Crippen molar-refractivity contribution in [1.82, 2.24) is 0 Å². The van der Waals surface area contributed by atoms with Gasteiger partial charge in [0.2, 0.25) is 0 Å². The zero-order valence-corrected chi connectivity index (χ0v) is 17.6. The van der Waals surface area contributed by atoms with E-state index in [4.69, 9.17) is 4.99 Å². The van der Waals surface area contributed by atoms with Crippen LogP contribution < -0.4 is 0 Å². The first-order valence-corrected chi connectivity index (χ1v) is 17.5. The van der Waals surface area contributed by atoms with E-state index in [2.05, 4.69) is 34.0 Å². The molecule has 0 saturated heterocycles. The van der Waals surface area contributed by atoms with Gasteiger partial charge in [-0.1, -0.05) is 0 Å². The van der Waals surface area contributed by atoms with E-state index in [9.17, 15) is 0 Å². The van der Waals surface area contributed by atoms with Gasteiger partial charge in [0, 0.05) is 0 Å². The third-order valence-electron chi connectivity index (χ3n) is 4.11. The minimum absolute atomic E-state index is 1.27. The van der Waals surface area contributed by atoms with Crippen molar-refractivity contribution < 1.29 is 0 Å². The second-order valence-electron chi connectivity index (χ2n) is 5.85. The second kappa shape index (κ2) is 12.6. The van der Waals surface area contributed by atoms with E-state index in [1.54, 1.807) is 13.3 Å². The predicted octanol–water partition coefficient (Wildman–Crippen LogP) is 6.16. The Bertz CT molecular complexity index is 219. The van der Waals surface area contributed by atoms with Gasteiger partial charge in [0.05, 0.1) is 0 Å². The third kappa shape index (κ3) is 9.38. The summed E-state index contributed by atoms with van der Waals surface area (Å²) >= 11 is -0.149. The van der Waals surface area contributed by atoms with Gasteiger partial charge >= 0.3 is 131 Å². The van der Waals surface area contributed by atoms with E-state index in [0.717, 1.165) is 0 Å². The first-order valence-electron chi connectivity index (χ1n) is 8.19. The molecule has 0 aliphatic heterocycles. The molecule has 0 atom stereocenters. The van der Waals surface area contributed by atoms with E-state index < -0.39 is 18.4 Å². The van der Waals surface area contributed by atoms with E-state index >= 15 is 0 Å². The van der Waals surface area contributed by atoms with Crippen molar-refractivity contribution >= 4 is 35.2 Å². The normalized spacial score (nSPS) is 13.0. The van der Waals surface area contributed by atoms with Crippen molar-refractivity contribution in [3.8, 4) is 0 Å². The summed E-state index contributed by atoms with van der Waals surface area (Å²) < 4.78 is 6.00. The van der Waals surface area contributed by atoms with Gasteiger partial charge in [-0.15, -0.1) is 0 Å². The Morgan fingerprint density at radius 2 is 1.32 bits per heavy atom. The van der Waals surface area contributed by atoms with Gasteiger partial charge in [-0.2, -0.15) is 0 Å². The molecule has 0 saturated carbocycles. The quantitative estimate of drug-likeness (QED) is 0.233. The Morgan fingerprint density at radius 1 is 0.895 bits per heavy atom. The number of thioether (sulfide) groups is 1. The average molecular weight is 392 g/mol. The molecule has 114 valence electrons. The summed E-state index contributed by atoms with van der Waals surface area (Å²) in [6.07, 6.45) is 10.6. The molecule has 0 fully saturated rings. The second-order valence-corrected chi connectivity index (χ2v) is 20.6. The fourth-order valence-electron chi connectivity index (χ4n) is 2.61. The van der Waals surface area contributed by atoms with E-state index in [1.165, 1.54) is 48.1 Å². The molecule has 19 heavy (non-hydrogen) atoms. The van der Waals surface area contributed by atoms with Gasteiger partial charge in [-0.25, -0.2) is 0 Å². The Hall–Kier alpha value is 0.819. The maximum atomic E-state index is 4.95. The number of hydrogen-bond donors (Lipinski definition) is 0. The topological polar surface area (TPSA) is 12.4 Å². The molecule has 0 aromatic carbocycles. The first kappa shape index (κ1) is 19.8. The zero-order chi connectivity index (χ0) is 14.6. The van der Waals surface area contributed by atoms with Crippen LogP contribution in [-0.2, 0) is 0 Å². The monoisotopic (exact) mass is 393 g/mol. The van der Waals surface area contributed by atoms with Crippen LogP contribution in [0.2, 0.25) is 13.3 Å². The van der Waals surface area contributed by atoms with Crippen molar-refractivity contribution in [2.75, 3.05) is 10.8 Å². The van der Waals surface area contributed by atoms with Crippen LogP contribution in [0.4, 0.5) is 0 Å². The molecule has 0 radical (unpaired) electrons. The van der Waals surface area contributed by atoms with Crippen molar-refractivity contribution in [1.29, 1.82) is 0 Å². The van der Waals surface area contributed by atoms with Crippen molar-refractivity contribution in [3.05, 3.63) is 0 Å². The molecular weight excluding hydrogens is 357 g/mol. The molecule has 0 aromatic heterocycles. The SMILES string of the molecule is CCC[CH2][Sn]([CH2]CCC)([CH2]CCC)[CH2]/N=C(\C)SC. The summed E-state index contributed by atoms with van der Waals surface area (Å²) in [5, 5.41) is 1.30. The summed E-state index contributed by atoms with van der Waals surface area (Å²) in [6.45, 7) is 9.20. The standard InChI is InChI=1S/C4H8NS.3C4H9.Sn/c1-4(5-2)6-3;3*1-3-4-2;/h2H2,1,3H3;3*1,3-4H2,2H3;/b5-4+;;;;. The van der Waals surface area contributed by atoms with Crippen LogP contribution in [0.3, 0.4) is 0 Å². The summed E-state index contributed by atoms with van der Waals surface area (Å²) in [5.74, 6) is 0. The zero-order valence-electron chi connectivity index (χ0n) is 13.9. The molecule has 0 bridgehead atoms. The minimum atomic E-state index is -1.97. The van der Waals surface area contributed by atoms with Crippen LogP contribution in [0, 0.1) is 0 Å². The van der Waals surface area contributed by atoms with Crippen LogP contribution in [0.5, 0.6) is 0 Å². The third-order valence-corrected chi connectivity index (χ3v) is 19.3. The van der Waals surface area contributed by atoms with Gasteiger partial charge in [0.25, 0.3) is 0 Å². The molecule has 0 spiro atoms. The van der Waals surface area contributed by atoms with E-state index in [-0.39, 0.29) is 0 Å². The fraction of sp³-hybridized carbons (Fsp3) is 0.938. The molecule has 0 aliphatic carbocycles. The van der Waals surface area contributed by atoms with Gasteiger partial charge in [-0.3, -0.25) is 0 Å².